The van der Waals surface area contributed by atoms with E-state index in [9.17, 15) is 14.9 Å². The van der Waals surface area contributed by atoms with Crippen molar-refractivity contribution in [2.75, 3.05) is 25.0 Å². The lowest BCUT2D eigenvalue weighted by molar-refractivity contribution is -0.384. The third kappa shape index (κ3) is 3.27. The number of ether oxygens (including phenoxy) is 1. The third-order valence-electron chi connectivity index (χ3n) is 2.83. The highest BCUT2D eigenvalue weighted by Crippen LogP contribution is 2.25. The molecule has 102 valence electrons. The summed E-state index contributed by atoms with van der Waals surface area (Å²) >= 11 is 0. The molecule has 0 aromatic heterocycles. The highest BCUT2D eigenvalue weighted by atomic mass is 16.6. The van der Waals surface area contributed by atoms with Crippen molar-refractivity contribution in [1.82, 2.24) is 5.32 Å². The molecule has 1 aromatic carbocycles. The number of hydrogen-bond donors (Lipinski definition) is 2. The number of nitro benzene ring substituents is 1. The van der Waals surface area contributed by atoms with Gasteiger partial charge >= 0.3 is 0 Å². The molecule has 1 amide bonds. The Balaban J connectivity index is 2.13. The van der Waals surface area contributed by atoms with Gasteiger partial charge in [0.2, 0.25) is 0 Å². The number of amides is 1. The minimum absolute atomic E-state index is 0.114. The Kier molecular flexibility index (Phi) is 4.08. The van der Waals surface area contributed by atoms with Crippen molar-refractivity contribution in [3.05, 3.63) is 33.9 Å². The summed E-state index contributed by atoms with van der Waals surface area (Å²) in [6.07, 6.45) is -0.616. The van der Waals surface area contributed by atoms with E-state index in [4.69, 9.17) is 4.74 Å². The molecule has 1 atom stereocenters. The molecule has 19 heavy (non-hydrogen) atoms. The topological polar surface area (TPSA) is 93.5 Å². The molecule has 0 radical (unpaired) electrons. The van der Waals surface area contributed by atoms with E-state index in [0.717, 1.165) is 5.56 Å². The highest BCUT2D eigenvalue weighted by molar-refractivity contribution is 5.96. The van der Waals surface area contributed by atoms with Crippen molar-refractivity contribution in [1.29, 1.82) is 0 Å². The Morgan fingerprint density at radius 1 is 1.58 bits per heavy atom. The molecular formula is C12H15N3O4. The number of nitrogens with one attached hydrogen (secondary N) is 2. The Morgan fingerprint density at radius 2 is 2.37 bits per heavy atom. The molecule has 1 unspecified atom stereocenters. The van der Waals surface area contributed by atoms with Crippen molar-refractivity contribution in [2.45, 2.75) is 13.0 Å². The van der Waals surface area contributed by atoms with E-state index in [1.807, 2.05) is 0 Å². The summed E-state index contributed by atoms with van der Waals surface area (Å²) in [7, 11) is 0. The summed E-state index contributed by atoms with van der Waals surface area (Å²) in [5, 5.41) is 16.5. The van der Waals surface area contributed by atoms with Crippen LogP contribution in [0.3, 0.4) is 0 Å². The van der Waals surface area contributed by atoms with Crippen LogP contribution < -0.4 is 10.6 Å². The van der Waals surface area contributed by atoms with Gasteiger partial charge in [-0.15, -0.1) is 0 Å². The van der Waals surface area contributed by atoms with Crippen LogP contribution in [0.5, 0.6) is 0 Å². The summed E-state index contributed by atoms with van der Waals surface area (Å²) in [5.41, 5.74) is 0.840. The van der Waals surface area contributed by atoms with Crippen LogP contribution in [0.4, 0.5) is 11.4 Å². The number of nitro groups is 1. The molecule has 1 saturated heterocycles. The van der Waals surface area contributed by atoms with Crippen LogP contribution in [0.1, 0.15) is 5.56 Å². The zero-order valence-corrected chi connectivity index (χ0v) is 10.5. The van der Waals surface area contributed by atoms with Gasteiger partial charge in [-0.05, 0) is 18.6 Å². The lowest BCUT2D eigenvalue weighted by atomic mass is 10.2. The summed E-state index contributed by atoms with van der Waals surface area (Å²) in [6.45, 7) is 3.32. The fourth-order valence-electron chi connectivity index (χ4n) is 1.85. The molecule has 2 N–H and O–H groups in total. The van der Waals surface area contributed by atoms with Crippen LogP contribution in [0, 0.1) is 17.0 Å². The van der Waals surface area contributed by atoms with Gasteiger partial charge in [-0.25, -0.2) is 0 Å². The van der Waals surface area contributed by atoms with Gasteiger partial charge in [-0.3, -0.25) is 14.9 Å². The van der Waals surface area contributed by atoms with Gasteiger partial charge in [-0.1, -0.05) is 6.07 Å². The van der Waals surface area contributed by atoms with Crippen LogP contribution in [-0.2, 0) is 9.53 Å². The number of benzene rings is 1. The van der Waals surface area contributed by atoms with E-state index in [1.165, 1.54) is 12.1 Å². The number of nitrogens with zero attached hydrogens (tertiary/aromatic N) is 1. The van der Waals surface area contributed by atoms with Gasteiger partial charge in [0, 0.05) is 19.2 Å². The molecule has 0 saturated carbocycles. The van der Waals surface area contributed by atoms with Gasteiger partial charge in [0.05, 0.1) is 11.5 Å². The van der Waals surface area contributed by atoms with Crippen LogP contribution in [0.15, 0.2) is 18.2 Å². The molecule has 1 aromatic rings. The van der Waals surface area contributed by atoms with E-state index in [1.54, 1.807) is 13.0 Å². The van der Waals surface area contributed by atoms with Crippen LogP contribution in [-0.4, -0.2) is 36.6 Å². The van der Waals surface area contributed by atoms with Crippen molar-refractivity contribution in [3.63, 3.8) is 0 Å². The lowest BCUT2D eigenvalue weighted by Crippen LogP contribution is -2.45. The van der Waals surface area contributed by atoms with Crippen molar-refractivity contribution >= 4 is 17.3 Å². The zero-order valence-electron chi connectivity index (χ0n) is 10.5. The van der Waals surface area contributed by atoms with Gasteiger partial charge in [0.15, 0.2) is 0 Å². The largest absolute Gasteiger partial charge is 0.366 e. The molecule has 0 spiro atoms. The van der Waals surface area contributed by atoms with E-state index >= 15 is 0 Å². The number of rotatable bonds is 3. The van der Waals surface area contributed by atoms with E-state index in [0.29, 0.717) is 19.7 Å². The molecule has 1 aliphatic rings. The second-order valence-electron chi connectivity index (χ2n) is 4.33. The Hall–Kier alpha value is -1.99. The Labute approximate surface area is 110 Å². The molecule has 7 heteroatoms. The first kappa shape index (κ1) is 13.4. The normalized spacial score (nSPS) is 18.9. The van der Waals surface area contributed by atoms with Crippen LogP contribution in [0.25, 0.3) is 0 Å². The number of carbonyl (C=O) groups excluding carboxylic acids is 1. The maximum Gasteiger partial charge on any atom is 0.293 e. The van der Waals surface area contributed by atoms with Gasteiger partial charge in [0.25, 0.3) is 11.6 Å². The minimum atomic E-state index is -0.616. The first-order valence-electron chi connectivity index (χ1n) is 5.96. The Morgan fingerprint density at radius 3 is 3.00 bits per heavy atom. The molecule has 0 bridgehead atoms. The smallest absolute Gasteiger partial charge is 0.293 e. The van der Waals surface area contributed by atoms with Crippen molar-refractivity contribution < 1.29 is 14.5 Å². The van der Waals surface area contributed by atoms with E-state index in [2.05, 4.69) is 10.6 Å². The number of aryl methyl sites for hydroxylation is 1. The number of hydrogen-bond acceptors (Lipinski definition) is 5. The lowest BCUT2D eigenvalue weighted by Gasteiger charge is -2.22. The quantitative estimate of drug-likeness (QED) is 0.623. The molecule has 2 rings (SSSR count). The van der Waals surface area contributed by atoms with E-state index < -0.39 is 11.0 Å². The molecule has 1 heterocycles. The number of morpholine rings is 1. The first-order chi connectivity index (χ1) is 9.08. The first-order valence-corrected chi connectivity index (χ1v) is 5.96. The van der Waals surface area contributed by atoms with Crippen LogP contribution in [0.2, 0.25) is 0 Å². The average molecular weight is 265 g/mol. The fourth-order valence-corrected chi connectivity index (χ4v) is 1.85. The standard InChI is InChI=1S/C12H15N3O4/c1-8-2-3-9(10(6-8)15(17)18)14-12(16)11-7-13-4-5-19-11/h2-3,6,11,13H,4-5,7H2,1H3,(H,14,16). The zero-order chi connectivity index (χ0) is 13.8. The summed E-state index contributed by atoms with van der Waals surface area (Å²) in [6, 6.07) is 4.67. The van der Waals surface area contributed by atoms with Crippen molar-refractivity contribution in [3.8, 4) is 0 Å². The minimum Gasteiger partial charge on any atom is -0.366 e. The van der Waals surface area contributed by atoms with Crippen molar-refractivity contribution in [2.24, 2.45) is 0 Å². The maximum atomic E-state index is 11.9. The molecule has 1 aliphatic heterocycles. The van der Waals surface area contributed by atoms with Gasteiger partial charge < -0.3 is 15.4 Å². The van der Waals surface area contributed by atoms with Gasteiger partial charge in [0.1, 0.15) is 11.8 Å². The van der Waals surface area contributed by atoms with E-state index in [-0.39, 0.29) is 17.3 Å². The molecular weight excluding hydrogens is 250 g/mol. The van der Waals surface area contributed by atoms with Crippen LogP contribution >= 0.6 is 0 Å². The number of anilines is 1. The summed E-state index contributed by atoms with van der Waals surface area (Å²) in [4.78, 5) is 22.4. The highest BCUT2D eigenvalue weighted by Gasteiger charge is 2.24. The molecule has 1 fully saturated rings. The maximum absolute atomic E-state index is 11.9. The second-order valence-corrected chi connectivity index (χ2v) is 4.33. The second kappa shape index (κ2) is 5.77. The molecule has 7 nitrogen and oxygen atoms in total. The number of carbonyl (C=O) groups is 1. The SMILES string of the molecule is Cc1ccc(NC(=O)C2CNCCO2)c([N+](=O)[O-])c1. The fraction of sp³-hybridized carbons (Fsp3) is 0.417. The third-order valence-corrected chi connectivity index (χ3v) is 2.83. The Bertz CT molecular complexity index is 498. The summed E-state index contributed by atoms with van der Waals surface area (Å²) < 4.78 is 5.29. The predicted octanol–water partition coefficient (Wildman–Crippen LogP) is 0.830. The predicted molar refractivity (Wildman–Crippen MR) is 69.1 cm³/mol. The van der Waals surface area contributed by atoms with Gasteiger partial charge in [-0.2, -0.15) is 0 Å². The molecule has 0 aliphatic carbocycles. The average Bonchev–Trinajstić information content (AvgIpc) is 2.41. The summed E-state index contributed by atoms with van der Waals surface area (Å²) in [5.74, 6) is -0.376. The monoisotopic (exact) mass is 265 g/mol.